The predicted octanol–water partition coefficient (Wildman–Crippen LogP) is 4.11. The van der Waals surface area contributed by atoms with Crippen LogP contribution in [0.5, 0.6) is 0 Å². The molecule has 1 N–H and O–H groups in total. The molecular weight excluding hydrogens is 293 g/mol. The lowest BCUT2D eigenvalue weighted by atomic mass is 10.1. The van der Waals surface area contributed by atoms with Crippen molar-refractivity contribution in [2.24, 2.45) is 0 Å². The van der Waals surface area contributed by atoms with Gasteiger partial charge in [0.2, 0.25) is 0 Å². The number of nitrogens with one attached hydrogen (secondary N) is 1. The lowest BCUT2D eigenvalue weighted by Gasteiger charge is -2.19. The zero-order chi connectivity index (χ0) is 15.4. The van der Waals surface area contributed by atoms with Gasteiger partial charge in [-0.3, -0.25) is 0 Å². The summed E-state index contributed by atoms with van der Waals surface area (Å²) in [6.07, 6.45) is 0. The van der Waals surface area contributed by atoms with Gasteiger partial charge in [0.15, 0.2) is 6.04 Å². The first kappa shape index (κ1) is 15.3. The second kappa shape index (κ2) is 6.59. The third-order valence-electron chi connectivity index (χ3n) is 3.10. The van der Waals surface area contributed by atoms with Crippen LogP contribution in [0.2, 0.25) is 5.02 Å². The Balaban J connectivity index is 2.39. The van der Waals surface area contributed by atoms with E-state index in [4.69, 9.17) is 16.3 Å². The van der Waals surface area contributed by atoms with E-state index in [1.165, 1.54) is 25.3 Å². The van der Waals surface area contributed by atoms with Crippen LogP contribution in [-0.4, -0.2) is 13.1 Å². The van der Waals surface area contributed by atoms with Crippen molar-refractivity contribution in [2.45, 2.75) is 13.0 Å². The van der Waals surface area contributed by atoms with Crippen LogP contribution >= 0.6 is 11.6 Å². The summed E-state index contributed by atoms with van der Waals surface area (Å²) < 4.78 is 18.3. The molecule has 0 radical (unpaired) electrons. The molecule has 0 aliphatic carbocycles. The predicted molar refractivity (Wildman–Crippen MR) is 81.0 cm³/mol. The van der Waals surface area contributed by atoms with Crippen LogP contribution in [0.15, 0.2) is 42.5 Å². The first-order valence-electron chi connectivity index (χ1n) is 6.37. The molecule has 110 valence electrons. The number of hydrogen-bond donors (Lipinski definition) is 1. The van der Waals surface area contributed by atoms with E-state index in [-0.39, 0.29) is 5.02 Å². The minimum absolute atomic E-state index is 0.227. The number of carbonyl (C=O) groups excluding carboxylic acids is 1. The van der Waals surface area contributed by atoms with E-state index >= 15 is 0 Å². The molecule has 0 saturated carbocycles. The number of halogens is 2. The SMILES string of the molecule is COC(=O)C(Nc1ccccc1C)c1cc(F)cc(Cl)c1. The molecule has 5 heteroatoms. The van der Waals surface area contributed by atoms with Crippen LogP contribution in [0, 0.1) is 12.7 Å². The standard InChI is InChI=1S/C16H15ClFNO2/c1-10-5-3-4-6-14(10)19-15(16(20)21-2)11-7-12(17)9-13(18)8-11/h3-9,15,19H,1-2H3. The molecule has 2 rings (SSSR count). The number of para-hydroxylation sites is 1. The molecule has 0 aliphatic rings. The summed E-state index contributed by atoms with van der Waals surface area (Å²) in [7, 11) is 1.29. The normalized spacial score (nSPS) is 11.8. The molecule has 2 aromatic rings. The molecule has 21 heavy (non-hydrogen) atoms. The van der Waals surface area contributed by atoms with Gasteiger partial charge in [-0.05, 0) is 42.3 Å². The third-order valence-corrected chi connectivity index (χ3v) is 3.32. The summed E-state index contributed by atoms with van der Waals surface area (Å²) in [5.41, 5.74) is 2.15. The van der Waals surface area contributed by atoms with Gasteiger partial charge in [-0.25, -0.2) is 9.18 Å². The number of anilines is 1. The topological polar surface area (TPSA) is 38.3 Å². The lowest BCUT2D eigenvalue weighted by Crippen LogP contribution is -2.22. The van der Waals surface area contributed by atoms with E-state index in [2.05, 4.69) is 5.32 Å². The van der Waals surface area contributed by atoms with Crippen LogP contribution in [0.25, 0.3) is 0 Å². The van der Waals surface area contributed by atoms with Crippen molar-refractivity contribution in [3.05, 3.63) is 64.4 Å². The summed E-state index contributed by atoms with van der Waals surface area (Å²) in [6, 6.07) is 10.7. The summed E-state index contributed by atoms with van der Waals surface area (Å²) in [6.45, 7) is 1.91. The summed E-state index contributed by atoms with van der Waals surface area (Å²) >= 11 is 5.86. The Hall–Kier alpha value is -2.07. The first-order chi connectivity index (χ1) is 10.0. The number of aryl methyl sites for hydroxylation is 1. The van der Waals surface area contributed by atoms with Gasteiger partial charge in [-0.15, -0.1) is 0 Å². The van der Waals surface area contributed by atoms with Gasteiger partial charge in [0.05, 0.1) is 7.11 Å². The van der Waals surface area contributed by atoms with Crippen LogP contribution in [0.3, 0.4) is 0 Å². The molecule has 0 aromatic heterocycles. The molecular formula is C16H15ClFNO2. The molecule has 0 saturated heterocycles. The summed E-state index contributed by atoms with van der Waals surface area (Å²) in [5, 5.41) is 3.30. The minimum Gasteiger partial charge on any atom is -0.467 e. The molecule has 0 bridgehead atoms. The van der Waals surface area contributed by atoms with E-state index in [9.17, 15) is 9.18 Å². The van der Waals surface area contributed by atoms with Crippen LogP contribution in [0.4, 0.5) is 10.1 Å². The fourth-order valence-electron chi connectivity index (χ4n) is 2.03. The number of hydrogen-bond acceptors (Lipinski definition) is 3. The van der Waals surface area contributed by atoms with Crippen molar-refractivity contribution >= 4 is 23.3 Å². The van der Waals surface area contributed by atoms with Crippen molar-refractivity contribution < 1.29 is 13.9 Å². The molecule has 0 fully saturated rings. The highest BCUT2D eigenvalue weighted by molar-refractivity contribution is 6.30. The van der Waals surface area contributed by atoms with Crippen molar-refractivity contribution in [3.8, 4) is 0 Å². The maximum Gasteiger partial charge on any atom is 0.332 e. The molecule has 1 unspecified atom stereocenters. The zero-order valence-corrected chi connectivity index (χ0v) is 12.4. The number of methoxy groups -OCH3 is 1. The van der Waals surface area contributed by atoms with Crippen molar-refractivity contribution in [1.29, 1.82) is 0 Å². The molecule has 3 nitrogen and oxygen atoms in total. The van der Waals surface area contributed by atoms with Gasteiger partial charge in [0.25, 0.3) is 0 Å². The van der Waals surface area contributed by atoms with Crippen LogP contribution in [0.1, 0.15) is 17.2 Å². The number of benzene rings is 2. The number of esters is 1. The average Bonchev–Trinajstić information content (AvgIpc) is 2.44. The van der Waals surface area contributed by atoms with E-state index in [1.807, 2.05) is 31.2 Å². The minimum atomic E-state index is -0.829. The van der Waals surface area contributed by atoms with Gasteiger partial charge in [-0.1, -0.05) is 29.8 Å². The largest absolute Gasteiger partial charge is 0.467 e. The maximum absolute atomic E-state index is 13.5. The van der Waals surface area contributed by atoms with Crippen LogP contribution < -0.4 is 5.32 Å². The summed E-state index contributed by atoms with van der Waals surface area (Å²) in [4.78, 5) is 12.0. The second-order valence-electron chi connectivity index (χ2n) is 4.62. The Kier molecular flexibility index (Phi) is 4.81. The first-order valence-corrected chi connectivity index (χ1v) is 6.75. The maximum atomic E-state index is 13.5. The van der Waals surface area contributed by atoms with Crippen molar-refractivity contribution in [1.82, 2.24) is 0 Å². The zero-order valence-electron chi connectivity index (χ0n) is 11.7. The second-order valence-corrected chi connectivity index (χ2v) is 5.05. The smallest absolute Gasteiger partial charge is 0.332 e. The van der Waals surface area contributed by atoms with E-state index in [1.54, 1.807) is 0 Å². The van der Waals surface area contributed by atoms with Gasteiger partial charge in [-0.2, -0.15) is 0 Å². The Labute approximate surface area is 127 Å². The van der Waals surface area contributed by atoms with Crippen LogP contribution in [-0.2, 0) is 9.53 Å². The highest BCUT2D eigenvalue weighted by atomic mass is 35.5. The fourth-order valence-corrected chi connectivity index (χ4v) is 2.26. The number of rotatable bonds is 4. The number of carbonyl (C=O) groups is 1. The quantitative estimate of drug-likeness (QED) is 0.864. The molecule has 0 amide bonds. The Morgan fingerprint density at radius 2 is 2.00 bits per heavy atom. The van der Waals surface area contributed by atoms with Gasteiger partial charge in [0.1, 0.15) is 5.82 Å². The van der Waals surface area contributed by atoms with Gasteiger partial charge in [0, 0.05) is 10.7 Å². The lowest BCUT2D eigenvalue weighted by molar-refractivity contribution is -0.141. The highest BCUT2D eigenvalue weighted by Crippen LogP contribution is 2.26. The van der Waals surface area contributed by atoms with Crippen molar-refractivity contribution in [3.63, 3.8) is 0 Å². The molecule has 0 spiro atoms. The Bertz CT molecular complexity index is 640. The fraction of sp³-hybridized carbons (Fsp3) is 0.188. The summed E-state index contributed by atoms with van der Waals surface area (Å²) in [5.74, 6) is -1.02. The Morgan fingerprint density at radius 3 is 2.62 bits per heavy atom. The Morgan fingerprint density at radius 1 is 1.29 bits per heavy atom. The third kappa shape index (κ3) is 3.73. The molecule has 0 heterocycles. The van der Waals surface area contributed by atoms with Crippen molar-refractivity contribution in [2.75, 3.05) is 12.4 Å². The molecule has 1 atom stereocenters. The monoisotopic (exact) mass is 307 g/mol. The molecule has 2 aromatic carbocycles. The van der Waals surface area contributed by atoms with Gasteiger partial charge >= 0.3 is 5.97 Å². The highest BCUT2D eigenvalue weighted by Gasteiger charge is 2.23. The van der Waals surface area contributed by atoms with Gasteiger partial charge < -0.3 is 10.1 Å². The number of ether oxygens (including phenoxy) is 1. The average molecular weight is 308 g/mol. The van der Waals surface area contributed by atoms with E-state index in [0.29, 0.717) is 5.56 Å². The van der Waals surface area contributed by atoms with E-state index in [0.717, 1.165) is 11.3 Å². The molecule has 0 aliphatic heterocycles. The van der Waals surface area contributed by atoms with E-state index < -0.39 is 17.8 Å².